The predicted molar refractivity (Wildman–Crippen MR) is 133 cm³/mol. The molecule has 1 atom stereocenters. The summed E-state index contributed by atoms with van der Waals surface area (Å²) in [7, 11) is 3.18. The molecular weight excluding hydrogens is 458 g/mol. The van der Waals surface area contributed by atoms with Gasteiger partial charge in [-0.05, 0) is 59.4 Å². The molecule has 36 heavy (non-hydrogen) atoms. The summed E-state index contributed by atoms with van der Waals surface area (Å²) in [5, 5.41) is 5.86. The van der Waals surface area contributed by atoms with Gasteiger partial charge in [0.15, 0.2) is 0 Å². The molecule has 1 fully saturated rings. The molecule has 2 N–H and O–H groups in total. The fraction of sp³-hybridized carbons (Fsp3) is 0.250. The average Bonchev–Trinajstić information content (AvgIpc) is 3.40. The Balaban J connectivity index is 1.37. The van der Waals surface area contributed by atoms with Crippen LogP contribution in [0, 0.1) is 0 Å². The van der Waals surface area contributed by atoms with Crippen LogP contribution < -0.4 is 20.1 Å². The van der Waals surface area contributed by atoms with Crippen LogP contribution in [0.15, 0.2) is 72.8 Å². The van der Waals surface area contributed by atoms with Crippen molar-refractivity contribution in [1.82, 2.24) is 15.5 Å². The highest BCUT2D eigenvalue weighted by Crippen LogP contribution is 2.41. The van der Waals surface area contributed by atoms with Crippen LogP contribution >= 0.6 is 0 Å². The summed E-state index contributed by atoms with van der Waals surface area (Å²) in [4.78, 5) is 40.5. The number of imide groups is 1. The van der Waals surface area contributed by atoms with Gasteiger partial charge in [-0.2, -0.15) is 0 Å². The van der Waals surface area contributed by atoms with Gasteiger partial charge in [0, 0.05) is 0 Å². The number of fused-ring (bicyclic) bond motifs is 2. The monoisotopic (exact) mass is 485 g/mol. The van der Waals surface area contributed by atoms with Crippen molar-refractivity contribution in [3.63, 3.8) is 0 Å². The maximum absolute atomic E-state index is 13.4. The van der Waals surface area contributed by atoms with E-state index in [9.17, 15) is 14.4 Å². The fourth-order valence-corrected chi connectivity index (χ4v) is 5.04. The minimum absolute atomic E-state index is 0.378. The molecule has 3 aromatic rings. The van der Waals surface area contributed by atoms with Crippen molar-refractivity contribution in [2.75, 3.05) is 20.8 Å². The van der Waals surface area contributed by atoms with Crippen LogP contribution in [0.5, 0.6) is 11.5 Å². The third-order valence-corrected chi connectivity index (χ3v) is 6.93. The number of carbonyl (C=O) groups is 3. The van der Waals surface area contributed by atoms with Crippen LogP contribution in [-0.4, -0.2) is 43.5 Å². The molecule has 0 radical (unpaired) electrons. The van der Waals surface area contributed by atoms with Crippen LogP contribution in [-0.2, 0) is 21.5 Å². The molecule has 8 nitrogen and oxygen atoms in total. The number of hydrogen-bond donors (Lipinski definition) is 2. The minimum Gasteiger partial charge on any atom is -0.497 e. The predicted octanol–water partition coefficient (Wildman–Crippen LogP) is 3.30. The zero-order chi connectivity index (χ0) is 25.3. The molecule has 1 saturated heterocycles. The number of ether oxygens (including phenoxy) is 2. The Labute approximate surface area is 209 Å². The molecule has 1 aliphatic carbocycles. The molecule has 184 valence electrons. The normalized spacial score (nSPS) is 18.4. The number of nitrogens with one attached hydrogen (secondary N) is 2. The topological polar surface area (TPSA) is 97.0 Å². The number of nitrogens with zero attached hydrogens (tertiary/aromatic N) is 1. The van der Waals surface area contributed by atoms with Crippen molar-refractivity contribution in [3.05, 3.63) is 95.1 Å². The molecule has 0 saturated carbocycles. The fourth-order valence-electron chi connectivity index (χ4n) is 5.04. The van der Waals surface area contributed by atoms with E-state index in [1.54, 1.807) is 14.2 Å². The number of methoxy groups -OCH3 is 2. The van der Waals surface area contributed by atoms with Gasteiger partial charge in [-0.1, -0.05) is 48.5 Å². The molecule has 2 aliphatic rings. The number of rotatable bonds is 7. The Bertz CT molecular complexity index is 1260. The van der Waals surface area contributed by atoms with Gasteiger partial charge < -0.3 is 20.1 Å². The van der Waals surface area contributed by atoms with E-state index in [1.807, 2.05) is 72.8 Å². The van der Waals surface area contributed by atoms with Crippen LogP contribution in [0.2, 0.25) is 0 Å². The van der Waals surface area contributed by atoms with E-state index >= 15 is 0 Å². The molecule has 1 spiro atoms. The quantitative estimate of drug-likeness (QED) is 0.501. The lowest BCUT2D eigenvalue weighted by Gasteiger charge is -2.23. The average molecular weight is 486 g/mol. The molecule has 1 heterocycles. The molecule has 0 bridgehead atoms. The lowest BCUT2D eigenvalue weighted by Crippen LogP contribution is -2.44. The first-order chi connectivity index (χ1) is 17.4. The Hall–Kier alpha value is -4.33. The Kier molecular flexibility index (Phi) is 6.10. The summed E-state index contributed by atoms with van der Waals surface area (Å²) in [6.45, 7) is -0.378. The molecule has 8 heteroatoms. The van der Waals surface area contributed by atoms with Gasteiger partial charge >= 0.3 is 6.03 Å². The molecule has 4 amide bonds. The number of amides is 4. The third-order valence-electron chi connectivity index (χ3n) is 6.93. The van der Waals surface area contributed by atoms with Gasteiger partial charge in [0.25, 0.3) is 5.91 Å². The highest BCUT2D eigenvalue weighted by Gasteiger charge is 2.55. The maximum atomic E-state index is 13.4. The van der Waals surface area contributed by atoms with Crippen LogP contribution in [0.3, 0.4) is 0 Å². The zero-order valence-corrected chi connectivity index (χ0v) is 20.1. The van der Waals surface area contributed by atoms with Crippen molar-refractivity contribution < 1.29 is 23.9 Å². The first-order valence-electron chi connectivity index (χ1n) is 11.7. The van der Waals surface area contributed by atoms with Gasteiger partial charge in [-0.15, -0.1) is 0 Å². The smallest absolute Gasteiger partial charge is 0.325 e. The molecule has 5 rings (SSSR count). The molecular formula is C28H27N3O5. The van der Waals surface area contributed by atoms with E-state index in [-0.39, 0.29) is 6.54 Å². The Morgan fingerprint density at radius 3 is 2.11 bits per heavy atom. The highest BCUT2D eigenvalue weighted by atomic mass is 16.5. The number of carbonyl (C=O) groups excluding carboxylic acids is 3. The van der Waals surface area contributed by atoms with Gasteiger partial charge in [0.2, 0.25) is 5.91 Å². The van der Waals surface area contributed by atoms with Gasteiger partial charge in [0.05, 0.1) is 20.3 Å². The van der Waals surface area contributed by atoms with E-state index in [1.165, 1.54) is 0 Å². The summed E-state index contributed by atoms with van der Waals surface area (Å²) >= 11 is 0. The molecule has 1 unspecified atom stereocenters. The van der Waals surface area contributed by atoms with E-state index in [0.717, 1.165) is 27.2 Å². The minimum atomic E-state index is -1.10. The summed E-state index contributed by atoms with van der Waals surface area (Å²) in [6, 6.07) is 21.3. The lowest BCUT2D eigenvalue weighted by atomic mass is 9.92. The van der Waals surface area contributed by atoms with E-state index < -0.39 is 29.4 Å². The first kappa shape index (κ1) is 23.4. The van der Waals surface area contributed by atoms with Crippen LogP contribution in [0.4, 0.5) is 4.79 Å². The second-order valence-corrected chi connectivity index (χ2v) is 8.93. The maximum Gasteiger partial charge on any atom is 0.325 e. The van der Waals surface area contributed by atoms with Crippen LogP contribution in [0.1, 0.15) is 34.7 Å². The zero-order valence-electron chi connectivity index (χ0n) is 20.1. The molecule has 3 aromatic carbocycles. The summed E-state index contributed by atoms with van der Waals surface area (Å²) in [5.41, 5.74) is 2.40. The van der Waals surface area contributed by atoms with Crippen molar-refractivity contribution in [3.8, 4) is 11.5 Å². The van der Waals surface area contributed by atoms with Crippen molar-refractivity contribution >= 4 is 17.8 Å². The molecule has 1 aliphatic heterocycles. The molecule has 0 aromatic heterocycles. The van der Waals surface area contributed by atoms with Gasteiger partial charge in [-0.25, -0.2) is 4.79 Å². The number of benzene rings is 3. The largest absolute Gasteiger partial charge is 0.497 e. The standard InChI is InChI=1S/C28H27N3O5/c1-35-21-11-7-19(8-12-21)25(20-9-13-22(36-2)14-10-20)29-24(32)17-31-26(33)28(30-27(31)34)16-15-18-5-3-4-6-23(18)28/h3-14,25H,15-17H2,1-2H3,(H,29,32)(H,30,34). The van der Waals surface area contributed by atoms with Crippen molar-refractivity contribution in [2.45, 2.75) is 24.4 Å². The second kappa shape index (κ2) is 9.37. The van der Waals surface area contributed by atoms with Crippen molar-refractivity contribution in [1.29, 1.82) is 0 Å². The van der Waals surface area contributed by atoms with Crippen molar-refractivity contribution in [2.24, 2.45) is 0 Å². The second-order valence-electron chi connectivity index (χ2n) is 8.93. The number of aryl methyl sites for hydroxylation is 1. The lowest BCUT2D eigenvalue weighted by molar-refractivity contribution is -0.135. The third kappa shape index (κ3) is 4.04. The Morgan fingerprint density at radius 1 is 0.944 bits per heavy atom. The number of urea groups is 1. The van der Waals surface area contributed by atoms with E-state index in [4.69, 9.17) is 9.47 Å². The summed E-state index contributed by atoms with van der Waals surface area (Å²) in [5.74, 6) is 0.552. The SMILES string of the molecule is COc1ccc(C(NC(=O)CN2C(=O)NC3(CCc4ccccc43)C2=O)c2ccc(OC)cc2)cc1. The summed E-state index contributed by atoms with van der Waals surface area (Å²) in [6.07, 6.45) is 1.18. The summed E-state index contributed by atoms with van der Waals surface area (Å²) < 4.78 is 10.5. The van der Waals surface area contributed by atoms with E-state index in [2.05, 4.69) is 10.6 Å². The Morgan fingerprint density at radius 2 is 1.53 bits per heavy atom. The van der Waals surface area contributed by atoms with E-state index in [0.29, 0.717) is 24.3 Å². The van der Waals surface area contributed by atoms with Crippen LogP contribution in [0.25, 0.3) is 0 Å². The first-order valence-corrected chi connectivity index (χ1v) is 11.7. The van der Waals surface area contributed by atoms with Gasteiger partial charge in [-0.3, -0.25) is 14.5 Å². The van der Waals surface area contributed by atoms with Gasteiger partial charge in [0.1, 0.15) is 23.6 Å². The number of hydrogen-bond acceptors (Lipinski definition) is 5. The highest BCUT2D eigenvalue weighted by molar-refractivity contribution is 6.10.